The molecule has 4 heteroatoms. The number of benzene rings is 1. The first-order valence-corrected chi connectivity index (χ1v) is 5.97. The van der Waals surface area contributed by atoms with E-state index in [0.29, 0.717) is 0 Å². The maximum atomic E-state index is 5.47. The Morgan fingerprint density at radius 3 is 2.85 bits per heavy atom. The highest BCUT2D eigenvalue weighted by molar-refractivity contribution is 14.1. The normalized spacial score (nSPS) is 12.9. The third-order valence-corrected chi connectivity index (χ3v) is 3.42. The van der Waals surface area contributed by atoms with E-state index in [4.69, 9.17) is 5.84 Å². The van der Waals surface area contributed by atoms with E-state index in [1.165, 1.54) is 9.13 Å². The van der Waals surface area contributed by atoms with Crippen molar-refractivity contribution in [1.29, 1.82) is 0 Å². The first kappa shape index (κ1) is 11.4. The van der Waals surface area contributed by atoms with Gasteiger partial charge in [0.2, 0.25) is 0 Å². The van der Waals surface area contributed by atoms with E-state index < -0.39 is 0 Å². The molecule has 0 aliphatic rings. The molecule has 0 bridgehead atoms. The minimum Gasteiger partial charge on any atom is -0.271 e. The summed E-state index contributed by atoms with van der Waals surface area (Å²) >= 11 is 5.77. The van der Waals surface area contributed by atoms with Gasteiger partial charge in [0.1, 0.15) is 0 Å². The molecule has 2 nitrogen and oxygen atoms in total. The van der Waals surface area contributed by atoms with Gasteiger partial charge < -0.3 is 0 Å². The van der Waals surface area contributed by atoms with E-state index in [0.717, 1.165) is 10.9 Å². The molecule has 0 spiro atoms. The number of hydrogen-bond acceptors (Lipinski definition) is 2. The van der Waals surface area contributed by atoms with E-state index in [2.05, 4.69) is 63.0 Å². The monoisotopic (exact) mass is 354 g/mol. The van der Waals surface area contributed by atoms with Crippen LogP contribution in [0.2, 0.25) is 0 Å². The van der Waals surface area contributed by atoms with Gasteiger partial charge in [-0.25, -0.2) is 0 Å². The van der Waals surface area contributed by atoms with E-state index in [-0.39, 0.29) is 6.04 Å². The molecule has 1 rings (SSSR count). The summed E-state index contributed by atoms with van der Waals surface area (Å²) in [6.07, 6.45) is 0.989. The van der Waals surface area contributed by atoms with Crippen LogP contribution in [0, 0.1) is 3.57 Å². The lowest BCUT2D eigenvalue weighted by Crippen LogP contribution is -2.28. The highest BCUT2D eigenvalue weighted by Gasteiger charge is 2.10. The Hall–Kier alpha value is 0.350. The predicted molar refractivity (Wildman–Crippen MR) is 67.2 cm³/mol. The van der Waals surface area contributed by atoms with Crippen molar-refractivity contribution < 1.29 is 0 Å². The molecule has 1 aromatic rings. The number of nitrogens with one attached hydrogen (secondary N) is 1. The smallest absolute Gasteiger partial charge is 0.0468 e. The summed E-state index contributed by atoms with van der Waals surface area (Å²) in [4.78, 5) is 0. The maximum absolute atomic E-state index is 5.47. The van der Waals surface area contributed by atoms with Crippen molar-refractivity contribution in [3.63, 3.8) is 0 Å². The Morgan fingerprint density at radius 2 is 2.31 bits per heavy atom. The molecule has 0 saturated carbocycles. The summed E-state index contributed by atoms with van der Waals surface area (Å²) in [6, 6.07) is 6.47. The SMILES string of the molecule is CCC(NN)c1cc(Br)ccc1I. The summed E-state index contributed by atoms with van der Waals surface area (Å²) in [5.41, 5.74) is 4.06. The molecule has 72 valence electrons. The largest absolute Gasteiger partial charge is 0.271 e. The van der Waals surface area contributed by atoms with Gasteiger partial charge >= 0.3 is 0 Å². The lowest BCUT2D eigenvalue weighted by atomic mass is 10.1. The second-order valence-corrected chi connectivity index (χ2v) is 4.87. The second-order valence-electron chi connectivity index (χ2n) is 2.79. The molecule has 0 heterocycles. The van der Waals surface area contributed by atoms with E-state index >= 15 is 0 Å². The Bertz CT molecular complexity index is 287. The number of hydrazine groups is 1. The van der Waals surface area contributed by atoms with E-state index in [9.17, 15) is 0 Å². The summed E-state index contributed by atoms with van der Waals surface area (Å²) in [5, 5.41) is 0. The van der Waals surface area contributed by atoms with Gasteiger partial charge in [-0.2, -0.15) is 0 Å². The van der Waals surface area contributed by atoms with Crippen LogP contribution in [0.15, 0.2) is 22.7 Å². The van der Waals surface area contributed by atoms with Gasteiger partial charge in [0.25, 0.3) is 0 Å². The number of halogens is 2. The third-order valence-electron chi connectivity index (χ3n) is 1.94. The first-order valence-electron chi connectivity index (χ1n) is 4.10. The molecule has 0 radical (unpaired) electrons. The zero-order chi connectivity index (χ0) is 9.84. The summed E-state index contributed by atoms with van der Waals surface area (Å²) in [5.74, 6) is 5.47. The molecule has 1 atom stereocenters. The Balaban J connectivity index is 3.03. The van der Waals surface area contributed by atoms with Crippen LogP contribution in [0.5, 0.6) is 0 Å². The van der Waals surface area contributed by atoms with Gasteiger partial charge in [0, 0.05) is 14.1 Å². The molecular weight excluding hydrogens is 343 g/mol. The Kier molecular flexibility index (Phi) is 4.64. The molecule has 0 amide bonds. The van der Waals surface area contributed by atoms with Crippen molar-refractivity contribution in [3.05, 3.63) is 31.8 Å². The average molecular weight is 355 g/mol. The van der Waals surface area contributed by atoms with Crippen LogP contribution in [-0.4, -0.2) is 0 Å². The van der Waals surface area contributed by atoms with E-state index in [1.54, 1.807) is 0 Å². The molecule has 0 aromatic heterocycles. The Morgan fingerprint density at radius 1 is 1.62 bits per heavy atom. The number of hydrogen-bond donors (Lipinski definition) is 2. The van der Waals surface area contributed by atoms with Crippen LogP contribution < -0.4 is 11.3 Å². The molecule has 0 aliphatic heterocycles. The van der Waals surface area contributed by atoms with Crippen molar-refractivity contribution in [2.75, 3.05) is 0 Å². The molecule has 1 aromatic carbocycles. The quantitative estimate of drug-likeness (QED) is 0.497. The molecule has 3 N–H and O–H groups in total. The molecule has 13 heavy (non-hydrogen) atoms. The fourth-order valence-corrected chi connectivity index (χ4v) is 2.30. The fraction of sp³-hybridized carbons (Fsp3) is 0.333. The number of nitrogens with two attached hydrogens (primary N) is 1. The van der Waals surface area contributed by atoms with Crippen LogP contribution in [0.4, 0.5) is 0 Å². The van der Waals surface area contributed by atoms with Gasteiger partial charge in [-0.3, -0.25) is 11.3 Å². The Labute approximate surface area is 101 Å². The number of rotatable bonds is 3. The minimum atomic E-state index is 0.240. The van der Waals surface area contributed by atoms with Crippen molar-refractivity contribution in [3.8, 4) is 0 Å². The van der Waals surface area contributed by atoms with E-state index in [1.807, 2.05) is 6.07 Å². The van der Waals surface area contributed by atoms with Crippen molar-refractivity contribution >= 4 is 38.5 Å². The summed E-state index contributed by atoms with van der Waals surface area (Å²) in [6.45, 7) is 2.11. The van der Waals surface area contributed by atoms with Gasteiger partial charge in [-0.1, -0.05) is 22.9 Å². The highest BCUT2D eigenvalue weighted by Crippen LogP contribution is 2.25. The van der Waals surface area contributed by atoms with Crippen molar-refractivity contribution in [1.82, 2.24) is 5.43 Å². The van der Waals surface area contributed by atoms with Crippen LogP contribution in [0.3, 0.4) is 0 Å². The van der Waals surface area contributed by atoms with Crippen LogP contribution in [0.1, 0.15) is 24.9 Å². The first-order chi connectivity index (χ1) is 6.19. The highest BCUT2D eigenvalue weighted by atomic mass is 127. The summed E-state index contributed by atoms with van der Waals surface area (Å²) in [7, 11) is 0. The van der Waals surface area contributed by atoms with Crippen LogP contribution in [-0.2, 0) is 0 Å². The van der Waals surface area contributed by atoms with Gasteiger partial charge in [0.05, 0.1) is 0 Å². The molecule has 0 aliphatic carbocycles. The van der Waals surface area contributed by atoms with Crippen LogP contribution in [0.25, 0.3) is 0 Å². The fourth-order valence-electron chi connectivity index (χ4n) is 1.21. The van der Waals surface area contributed by atoms with Gasteiger partial charge in [0.15, 0.2) is 0 Å². The zero-order valence-corrected chi connectivity index (χ0v) is 11.1. The maximum Gasteiger partial charge on any atom is 0.0468 e. The minimum absolute atomic E-state index is 0.240. The lowest BCUT2D eigenvalue weighted by Gasteiger charge is -2.15. The standard InChI is InChI=1S/C9H12BrIN2/c1-2-9(13-12)7-5-6(10)3-4-8(7)11/h3-5,9,13H,2,12H2,1H3. The predicted octanol–water partition coefficient (Wildman–Crippen LogP) is 2.97. The second kappa shape index (κ2) is 5.29. The third kappa shape index (κ3) is 2.90. The van der Waals surface area contributed by atoms with Gasteiger partial charge in [-0.05, 0) is 52.8 Å². The lowest BCUT2D eigenvalue weighted by molar-refractivity contribution is 0.537. The van der Waals surface area contributed by atoms with Crippen molar-refractivity contribution in [2.24, 2.45) is 5.84 Å². The molecular formula is C9H12BrIN2. The van der Waals surface area contributed by atoms with Gasteiger partial charge in [-0.15, -0.1) is 0 Å². The zero-order valence-electron chi connectivity index (χ0n) is 7.35. The van der Waals surface area contributed by atoms with Crippen molar-refractivity contribution in [2.45, 2.75) is 19.4 Å². The van der Waals surface area contributed by atoms with Crippen LogP contribution >= 0.6 is 38.5 Å². The molecule has 0 saturated heterocycles. The summed E-state index contributed by atoms with van der Waals surface area (Å²) < 4.78 is 2.34. The topological polar surface area (TPSA) is 38.0 Å². The molecule has 0 fully saturated rings. The average Bonchev–Trinajstić information content (AvgIpc) is 2.13. The molecule has 1 unspecified atom stereocenters.